The molecule has 0 amide bonds. The fraction of sp³-hybridized carbons (Fsp3) is 0.222. The zero-order valence-corrected chi connectivity index (χ0v) is 9.01. The van der Waals surface area contributed by atoms with Crippen LogP contribution in [-0.2, 0) is 0 Å². The molecule has 0 fully saturated rings. The molecule has 0 saturated heterocycles. The lowest BCUT2D eigenvalue weighted by atomic mass is 10.3. The van der Waals surface area contributed by atoms with Crippen LogP contribution >= 0.6 is 15.9 Å². The van der Waals surface area contributed by atoms with Gasteiger partial charge in [-0.3, -0.25) is 0 Å². The molecule has 67 valence electrons. The maximum absolute atomic E-state index is 8.62. The lowest BCUT2D eigenvalue weighted by Gasteiger charge is -2.08. The highest BCUT2D eigenvalue weighted by Crippen LogP contribution is 2.19. The standard InChI is InChI=1S/C9H9BrN3/c1-6(2)13-7-3-8(10)9(4-11)12-5-7/h3,5,13H,1-2H3. The molecule has 0 aliphatic rings. The number of hydrogen-bond donors (Lipinski definition) is 1. The van der Waals surface area contributed by atoms with E-state index in [2.05, 4.69) is 26.2 Å². The minimum atomic E-state index is 0.402. The first-order valence-electron chi connectivity index (χ1n) is 3.76. The number of pyridine rings is 1. The van der Waals surface area contributed by atoms with Gasteiger partial charge >= 0.3 is 0 Å². The molecule has 0 spiro atoms. The van der Waals surface area contributed by atoms with Gasteiger partial charge in [0.25, 0.3) is 0 Å². The molecule has 4 heteroatoms. The van der Waals surface area contributed by atoms with Gasteiger partial charge in [0, 0.05) is 0 Å². The highest BCUT2D eigenvalue weighted by atomic mass is 79.9. The molecule has 1 aromatic rings. The van der Waals surface area contributed by atoms with Gasteiger partial charge in [-0.15, -0.1) is 0 Å². The Bertz CT molecular complexity index is 341. The van der Waals surface area contributed by atoms with Gasteiger partial charge in [0.1, 0.15) is 6.07 Å². The van der Waals surface area contributed by atoms with E-state index in [1.807, 2.05) is 26.0 Å². The third-order valence-corrected chi connectivity index (χ3v) is 1.95. The first-order valence-corrected chi connectivity index (χ1v) is 4.55. The van der Waals surface area contributed by atoms with Crippen LogP contribution in [0.2, 0.25) is 0 Å². The Kier molecular flexibility index (Phi) is 3.26. The van der Waals surface area contributed by atoms with Gasteiger partial charge in [-0.2, -0.15) is 5.26 Å². The van der Waals surface area contributed by atoms with Crippen molar-refractivity contribution < 1.29 is 0 Å². The van der Waals surface area contributed by atoms with Crippen molar-refractivity contribution >= 4 is 21.6 Å². The second-order valence-corrected chi connectivity index (χ2v) is 3.65. The topological polar surface area (TPSA) is 48.7 Å². The Labute approximate surface area is 85.9 Å². The molecule has 0 aliphatic heterocycles. The van der Waals surface area contributed by atoms with Crippen molar-refractivity contribution in [1.29, 1.82) is 5.26 Å². The normalized spacial score (nSPS) is 9.77. The van der Waals surface area contributed by atoms with Crippen molar-refractivity contribution in [3.05, 3.63) is 28.5 Å². The van der Waals surface area contributed by atoms with Gasteiger partial charge < -0.3 is 5.32 Å². The first-order chi connectivity index (χ1) is 6.13. The Balaban J connectivity index is 2.91. The predicted octanol–water partition coefficient (Wildman–Crippen LogP) is 2.70. The van der Waals surface area contributed by atoms with Gasteiger partial charge in [0.15, 0.2) is 5.69 Å². The maximum Gasteiger partial charge on any atom is 0.154 e. The molecule has 1 aromatic heterocycles. The molecule has 0 atom stereocenters. The SMILES string of the molecule is C[C](C)Nc1cnc(C#N)c(Br)c1. The van der Waals surface area contributed by atoms with Crippen molar-refractivity contribution in [2.45, 2.75) is 13.8 Å². The molecule has 1 heterocycles. The molecule has 0 saturated carbocycles. The van der Waals surface area contributed by atoms with Crippen molar-refractivity contribution in [2.75, 3.05) is 5.32 Å². The molecule has 1 rings (SSSR count). The van der Waals surface area contributed by atoms with Crippen LogP contribution in [0.5, 0.6) is 0 Å². The highest BCUT2D eigenvalue weighted by Gasteiger charge is 2.02. The van der Waals surface area contributed by atoms with Gasteiger partial charge in [-0.1, -0.05) is 0 Å². The van der Waals surface area contributed by atoms with Crippen LogP contribution in [0.15, 0.2) is 16.7 Å². The van der Waals surface area contributed by atoms with Gasteiger partial charge in [0.05, 0.1) is 22.4 Å². The van der Waals surface area contributed by atoms with Gasteiger partial charge in [-0.05, 0) is 35.8 Å². The maximum atomic E-state index is 8.62. The fourth-order valence-corrected chi connectivity index (χ4v) is 1.31. The summed E-state index contributed by atoms with van der Waals surface area (Å²) in [6, 6.07) is 4.90. The lowest BCUT2D eigenvalue weighted by molar-refractivity contribution is 1.10. The van der Waals surface area contributed by atoms with E-state index in [4.69, 9.17) is 5.26 Å². The fourth-order valence-electron chi connectivity index (χ4n) is 0.877. The molecular weight excluding hydrogens is 230 g/mol. The van der Waals surface area contributed by atoms with Crippen molar-refractivity contribution in [2.24, 2.45) is 0 Å². The number of hydrogen-bond acceptors (Lipinski definition) is 3. The van der Waals surface area contributed by atoms with Crippen LogP contribution in [0.3, 0.4) is 0 Å². The van der Waals surface area contributed by atoms with E-state index in [-0.39, 0.29) is 0 Å². The Morgan fingerprint density at radius 3 is 2.77 bits per heavy atom. The molecule has 0 aromatic carbocycles. The van der Waals surface area contributed by atoms with Crippen molar-refractivity contribution in [3.8, 4) is 6.07 Å². The first kappa shape index (κ1) is 10.0. The van der Waals surface area contributed by atoms with Crippen LogP contribution in [-0.4, -0.2) is 4.98 Å². The number of rotatable bonds is 2. The predicted molar refractivity (Wildman–Crippen MR) is 54.9 cm³/mol. The van der Waals surface area contributed by atoms with E-state index < -0.39 is 0 Å². The summed E-state index contributed by atoms with van der Waals surface area (Å²) >= 11 is 3.26. The zero-order valence-electron chi connectivity index (χ0n) is 7.43. The Morgan fingerprint density at radius 1 is 1.62 bits per heavy atom. The number of anilines is 1. The van der Waals surface area contributed by atoms with Gasteiger partial charge in [0.2, 0.25) is 0 Å². The third kappa shape index (κ3) is 2.71. The van der Waals surface area contributed by atoms with E-state index >= 15 is 0 Å². The van der Waals surface area contributed by atoms with Crippen LogP contribution in [0.1, 0.15) is 19.5 Å². The van der Waals surface area contributed by atoms with Gasteiger partial charge in [-0.25, -0.2) is 4.98 Å². The molecule has 13 heavy (non-hydrogen) atoms. The van der Waals surface area contributed by atoms with E-state index in [1.165, 1.54) is 0 Å². The quantitative estimate of drug-likeness (QED) is 0.863. The average molecular weight is 239 g/mol. The molecule has 3 nitrogen and oxygen atoms in total. The molecule has 1 radical (unpaired) electrons. The highest BCUT2D eigenvalue weighted by molar-refractivity contribution is 9.10. The Morgan fingerprint density at radius 2 is 2.31 bits per heavy atom. The monoisotopic (exact) mass is 238 g/mol. The number of nitriles is 1. The van der Waals surface area contributed by atoms with E-state index in [0.29, 0.717) is 10.2 Å². The number of aromatic nitrogens is 1. The van der Waals surface area contributed by atoms with E-state index in [9.17, 15) is 0 Å². The summed E-state index contributed by atoms with van der Waals surface area (Å²) in [6.45, 7) is 3.93. The molecular formula is C9H9BrN3. The van der Waals surface area contributed by atoms with Crippen LogP contribution in [0, 0.1) is 17.4 Å². The summed E-state index contributed by atoms with van der Waals surface area (Å²) in [6.07, 6.45) is 1.64. The molecule has 0 aliphatic carbocycles. The van der Waals surface area contributed by atoms with E-state index in [0.717, 1.165) is 11.7 Å². The smallest absolute Gasteiger partial charge is 0.154 e. The van der Waals surface area contributed by atoms with Crippen molar-refractivity contribution in [1.82, 2.24) is 4.98 Å². The second kappa shape index (κ2) is 4.24. The van der Waals surface area contributed by atoms with Crippen LogP contribution in [0.4, 0.5) is 5.69 Å². The second-order valence-electron chi connectivity index (χ2n) is 2.79. The number of halogens is 1. The van der Waals surface area contributed by atoms with Crippen LogP contribution in [0.25, 0.3) is 0 Å². The summed E-state index contributed by atoms with van der Waals surface area (Å²) in [5.74, 6) is 0. The zero-order chi connectivity index (χ0) is 9.84. The van der Waals surface area contributed by atoms with Crippen LogP contribution < -0.4 is 5.32 Å². The summed E-state index contributed by atoms with van der Waals surface area (Å²) in [5.41, 5.74) is 1.28. The van der Waals surface area contributed by atoms with E-state index in [1.54, 1.807) is 6.20 Å². The summed E-state index contributed by atoms with van der Waals surface area (Å²) in [7, 11) is 0. The lowest BCUT2D eigenvalue weighted by Crippen LogP contribution is -2.01. The number of nitrogens with zero attached hydrogens (tertiary/aromatic N) is 2. The average Bonchev–Trinajstić information content (AvgIpc) is 2.03. The summed E-state index contributed by atoms with van der Waals surface area (Å²) in [4.78, 5) is 3.97. The third-order valence-electron chi connectivity index (χ3n) is 1.34. The Hall–Kier alpha value is -1.08. The summed E-state index contributed by atoms with van der Waals surface area (Å²) < 4.78 is 0.709. The molecule has 1 N–H and O–H groups in total. The minimum absolute atomic E-state index is 0.402. The molecule has 0 bridgehead atoms. The largest absolute Gasteiger partial charge is 0.377 e. The summed E-state index contributed by atoms with van der Waals surface area (Å²) in [5, 5.41) is 11.7. The number of nitrogens with one attached hydrogen (secondary N) is 1. The molecule has 0 unspecified atom stereocenters. The van der Waals surface area contributed by atoms with Crippen molar-refractivity contribution in [3.63, 3.8) is 0 Å². The minimum Gasteiger partial charge on any atom is -0.377 e.